The molecule has 0 aliphatic rings. The predicted molar refractivity (Wildman–Crippen MR) is 87.6 cm³/mol. The molecule has 0 radical (unpaired) electrons. The van der Waals surface area contributed by atoms with Crippen molar-refractivity contribution in [3.63, 3.8) is 0 Å². The van der Waals surface area contributed by atoms with Crippen LogP contribution in [0, 0.1) is 5.92 Å². The summed E-state index contributed by atoms with van der Waals surface area (Å²) >= 11 is 3.30. The van der Waals surface area contributed by atoms with Gasteiger partial charge in [-0.2, -0.15) is 0 Å². The van der Waals surface area contributed by atoms with Gasteiger partial charge in [0.2, 0.25) is 0 Å². The van der Waals surface area contributed by atoms with E-state index in [1.807, 2.05) is 0 Å². The standard InChI is InChI=1S/C14H29BrO4Si/c1-8-18-13(17)14(4,15)12(16)9-11(10(2)3)19-20(5,6)7/h10-12,16H,8-9H2,1-7H3/t11-,12+,14?/m0/s1. The number of carbonyl (C=O) groups is 1. The van der Waals surface area contributed by atoms with Crippen molar-refractivity contribution in [2.75, 3.05) is 6.61 Å². The highest BCUT2D eigenvalue weighted by atomic mass is 79.9. The van der Waals surface area contributed by atoms with E-state index in [2.05, 4.69) is 49.4 Å². The Morgan fingerprint density at radius 2 is 1.85 bits per heavy atom. The molecule has 1 N–H and O–H groups in total. The van der Waals surface area contributed by atoms with E-state index >= 15 is 0 Å². The summed E-state index contributed by atoms with van der Waals surface area (Å²) in [5.74, 6) is -0.162. The van der Waals surface area contributed by atoms with Gasteiger partial charge in [0.25, 0.3) is 0 Å². The molecular weight excluding hydrogens is 340 g/mol. The van der Waals surface area contributed by atoms with Crippen molar-refractivity contribution in [1.82, 2.24) is 0 Å². The Morgan fingerprint density at radius 3 is 2.20 bits per heavy atom. The SMILES string of the molecule is CCOC(=O)C(C)(Br)[C@H](O)C[C@H](O[Si](C)(C)C)C(C)C. The van der Waals surface area contributed by atoms with E-state index in [9.17, 15) is 9.90 Å². The van der Waals surface area contributed by atoms with Crippen molar-refractivity contribution >= 4 is 30.2 Å². The maximum absolute atomic E-state index is 11.9. The Balaban J connectivity index is 4.83. The van der Waals surface area contributed by atoms with Crippen LogP contribution in [0.25, 0.3) is 0 Å². The molecule has 120 valence electrons. The molecule has 3 atom stereocenters. The number of carbonyl (C=O) groups excluding carboxylic acids is 1. The van der Waals surface area contributed by atoms with E-state index < -0.39 is 24.7 Å². The lowest BCUT2D eigenvalue weighted by atomic mass is 9.94. The van der Waals surface area contributed by atoms with Crippen molar-refractivity contribution in [1.29, 1.82) is 0 Å². The number of hydrogen-bond donors (Lipinski definition) is 1. The highest BCUT2D eigenvalue weighted by Gasteiger charge is 2.41. The van der Waals surface area contributed by atoms with E-state index in [0.717, 1.165) is 0 Å². The van der Waals surface area contributed by atoms with Gasteiger partial charge in [-0.25, -0.2) is 0 Å². The molecule has 0 saturated heterocycles. The molecule has 0 aromatic carbocycles. The van der Waals surface area contributed by atoms with Gasteiger partial charge >= 0.3 is 5.97 Å². The molecule has 6 heteroatoms. The Bertz CT molecular complexity index is 313. The van der Waals surface area contributed by atoms with Crippen molar-refractivity contribution in [3.8, 4) is 0 Å². The van der Waals surface area contributed by atoms with Gasteiger partial charge < -0.3 is 14.3 Å². The lowest BCUT2D eigenvalue weighted by Gasteiger charge is -2.34. The molecule has 0 fully saturated rings. The fraction of sp³-hybridized carbons (Fsp3) is 0.929. The molecule has 1 unspecified atom stereocenters. The number of ether oxygens (including phenoxy) is 1. The third-order valence-corrected chi connectivity index (χ3v) is 4.87. The summed E-state index contributed by atoms with van der Waals surface area (Å²) in [5.41, 5.74) is 0. The van der Waals surface area contributed by atoms with Crippen LogP contribution in [0.1, 0.15) is 34.1 Å². The summed E-state index contributed by atoms with van der Waals surface area (Å²) < 4.78 is 10.0. The quantitative estimate of drug-likeness (QED) is 0.405. The van der Waals surface area contributed by atoms with Gasteiger partial charge in [0, 0.05) is 12.5 Å². The summed E-state index contributed by atoms with van der Waals surface area (Å²) in [6.45, 7) is 14.2. The third kappa shape index (κ3) is 6.69. The third-order valence-electron chi connectivity index (χ3n) is 3.00. The smallest absolute Gasteiger partial charge is 0.325 e. The number of alkyl halides is 1. The fourth-order valence-corrected chi connectivity index (χ4v) is 3.34. The molecule has 0 saturated carbocycles. The molecule has 0 aliphatic heterocycles. The zero-order valence-electron chi connectivity index (χ0n) is 13.7. The van der Waals surface area contributed by atoms with Gasteiger partial charge in [0.15, 0.2) is 8.32 Å². The molecule has 0 bridgehead atoms. The molecule has 4 nitrogen and oxygen atoms in total. The molecule has 0 heterocycles. The maximum Gasteiger partial charge on any atom is 0.325 e. The molecule has 0 aromatic heterocycles. The monoisotopic (exact) mass is 368 g/mol. The van der Waals surface area contributed by atoms with Crippen LogP contribution >= 0.6 is 15.9 Å². The minimum atomic E-state index is -1.69. The summed E-state index contributed by atoms with van der Waals surface area (Å²) in [7, 11) is -1.69. The van der Waals surface area contributed by atoms with Gasteiger partial charge in [-0.15, -0.1) is 0 Å². The van der Waals surface area contributed by atoms with Gasteiger partial charge in [0.05, 0.1) is 12.7 Å². The lowest BCUT2D eigenvalue weighted by molar-refractivity contribution is -0.148. The summed E-state index contributed by atoms with van der Waals surface area (Å²) in [6.07, 6.45) is -0.518. The first-order valence-corrected chi connectivity index (χ1v) is 11.3. The first-order chi connectivity index (χ1) is 8.91. The van der Waals surface area contributed by atoms with Crippen LogP contribution in [0.4, 0.5) is 0 Å². The molecule has 0 rings (SSSR count). The first kappa shape index (κ1) is 20.1. The number of hydrogen-bond acceptors (Lipinski definition) is 4. The first-order valence-electron chi connectivity index (χ1n) is 7.13. The second-order valence-electron chi connectivity index (χ2n) is 6.56. The number of aliphatic hydroxyl groups excluding tert-OH is 1. The highest BCUT2D eigenvalue weighted by Crippen LogP contribution is 2.30. The van der Waals surface area contributed by atoms with Crippen LogP contribution in [0.2, 0.25) is 19.6 Å². The van der Waals surface area contributed by atoms with Gasteiger partial charge in [0.1, 0.15) is 4.32 Å². The van der Waals surface area contributed by atoms with Crippen LogP contribution in [0.5, 0.6) is 0 Å². The molecule has 0 spiro atoms. The molecule has 0 aromatic rings. The van der Waals surface area contributed by atoms with Gasteiger partial charge in [-0.3, -0.25) is 4.79 Å². The van der Waals surface area contributed by atoms with Crippen LogP contribution in [-0.2, 0) is 14.0 Å². The molecular formula is C14H29BrO4Si. The second kappa shape index (κ2) is 7.92. The summed E-state index contributed by atoms with van der Waals surface area (Å²) in [6, 6.07) is 0. The minimum absolute atomic E-state index is 0.0667. The zero-order chi connectivity index (χ0) is 16.1. The van der Waals surface area contributed by atoms with Crippen molar-refractivity contribution < 1.29 is 19.1 Å². The molecule has 0 aliphatic carbocycles. The maximum atomic E-state index is 11.9. The number of aliphatic hydroxyl groups is 1. The topological polar surface area (TPSA) is 55.8 Å². The second-order valence-corrected chi connectivity index (χ2v) is 12.7. The predicted octanol–water partition coefficient (Wildman–Crippen LogP) is 3.33. The lowest BCUT2D eigenvalue weighted by Crippen LogP contribution is -2.46. The largest absolute Gasteiger partial charge is 0.465 e. The summed E-state index contributed by atoms with van der Waals surface area (Å²) in [5, 5.41) is 10.4. The normalized spacial score (nSPS) is 18.5. The highest BCUT2D eigenvalue weighted by molar-refractivity contribution is 9.10. The zero-order valence-corrected chi connectivity index (χ0v) is 16.3. The Kier molecular flexibility index (Phi) is 7.95. The molecule has 20 heavy (non-hydrogen) atoms. The fourth-order valence-electron chi connectivity index (χ4n) is 1.76. The average Bonchev–Trinajstić information content (AvgIpc) is 2.26. The van der Waals surface area contributed by atoms with Gasteiger partial charge in [-0.05, 0) is 39.4 Å². The Hall–Kier alpha value is 0.0869. The minimum Gasteiger partial charge on any atom is -0.465 e. The average molecular weight is 369 g/mol. The van der Waals surface area contributed by atoms with Crippen LogP contribution in [-0.4, -0.2) is 42.5 Å². The van der Waals surface area contributed by atoms with Crippen LogP contribution in [0.3, 0.4) is 0 Å². The Labute approximate surface area is 132 Å². The summed E-state index contributed by atoms with van der Waals surface area (Å²) in [4.78, 5) is 11.9. The van der Waals surface area contributed by atoms with Gasteiger partial charge in [-0.1, -0.05) is 29.8 Å². The van der Waals surface area contributed by atoms with E-state index in [4.69, 9.17) is 9.16 Å². The van der Waals surface area contributed by atoms with E-state index in [1.54, 1.807) is 13.8 Å². The Morgan fingerprint density at radius 1 is 1.35 bits per heavy atom. The van der Waals surface area contributed by atoms with Crippen LogP contribution in [0.15, 0.2) is 0 Å². The number of rotatable bonds is 8. The molecule has 0 amide bonds. The van der Waals surface area contributed by atoms with Crippen molar-refractivity contribution in [2.45, 2.75) is 70.3 Å². The van der Waals surface area contributed by atoms with E-state index in [0.29, 0.717) is 13.0 Å². The number of esters is 1. The number of halogens is 1. The van der Waals surface area contributed by atoms with Crippen molar-refractivity contribution in [2.24, 2.45) is 5.92 Å². The van der Waals surface area contributed by atoms with E-state index in [-0.39, 0.29) is 12.0 Å². The van der Waals surface area contributed by atoms with Crippen LogP contribution < -0.4 is 0 Å². The van der Waals surface area contributed by atoms with E-state index in [1.165, 1.54) is 0 Å². The van der Waals surface area contributed by atoms with Crippen molar-refractivity contribution in [3.05, 3.63) is 0 Å².